The molecule has 2 atom stereocenters. The van der Waals surface area contributed by atoms with E-state index in [1.165, 1.54) is 20.8 Å². The van der Waals surface area contributed by atoms with Crippen molar-refractivity contribution in [3.8, 4) is 16.1 Å². The Morgan fingerprint density at radius 3 is 2.68 bits per heavy atom. The van der Waals surface area contributed by atoms with E-state index in [4.69, 9.17) is 4.98 Å². The number of fused-ring (bicyclic) bond motifs is 1. The fourth-order valence-corrected chi connectivity index (χ4v) is 6.02. The molecule has 0 unspecified atom stereocenters. The van der Waals surface area contributed by atoms with Crippen LogP contribution in [0.15, 0.2) is 61.1 Å². The summed E-state index contributed by atoms with van der Waals surface area (Å²) in [7, 11) is 0. The van der Waals surface area contributed by atoms with Gasteiger partial charge in [-0.15, -0.1) is 0 Å². The highest BCUT2D eigenvalue weighted by atomic mass is 32.1. The molecule has 2 aromatic carbocycles. The van der Waals surface area contributed by atoms with Crippen LogP contribution in [-0.4, -0.2) is 56.5 Å². The quantitative estimate of drug-likeness (QED) is 0.443. The summed E-state index contributed by atoms with van der Waals surface area (Å²) < 4.78 is 0. The highest BCUT2D eigenvalue weighted by Gasteiger charge is 2.45. The maximum atomic E-state index is 13.6. The Morgan fingerprint density at radius 2 is 1.85 bits per heavy atom. The Kier molecular flexibility index (Phi) is 5.17. The van der Waals surface area contributed by atoms with E-state index in [0.717, 1.165) is 35.9 Å². The monoisotopic (exact) mass is 470 g/mol. The first-order valence-electron chi connectivity index (χ1n) is 11.6. The predicted molar refractivity (Wildman–Crippen MR) is 134 cm³/mol. The molecule has 2 fully saturated rings. The molecule has 0 aliphatic carbocycles. The lowest BCUT2D eigenvalue weighted by Crippen LogP contribution is -2.65. The molecule has 0 radical (unpaired) electrons. The summed E-state index contributed by atoms with van der Waals surface area (Å²) >= 11 is 1.73. The number of likely N-dealkylation sites (tertiary alicyclic amines) is 1. The minimum absolute atomic E-state index is 0.0425. The van der Waals surface area contributed by atoms with Crippen molar-refractivity contribution >= 4 is 22.4 Å². The van der Waals surface area contributed by atoms with Gasteiger partial charge >= 0.3 is 0 Å². The second-order valence-electron chi connectivity index (χ2n) is 9.24. The molecular weight excluding hydrogens is 444 g/mol. The number of aryl methyl sites for hydroxylation is 2. The second-order valence-corrected chi connectivity index (χ2v) is 10.2. The maximum absolute atomic E-state index is 13.6. The van der Waals surface area contributed by atoms with Crippen LogP contribution >= 0.6 is 11.3 Å². The van der Waals surface area contributed by atoms with Crippen LogP contribution < -0.4 is 4.90 Å². The van der Waals surface area contributed by atoms with Gasteiger partial charge in [0.2, 0.25) is 0 Å². The lowest BCUT2D eigenvalue weighted by molar-refractivity contribution is 0.0592. The van der Waals surface area contributed by atoms with E-state index in [2.05, 4.69) is 46.3 Å². The highest BCUT2D eigenvalue weighted by Crippen LogP contribution is 2.40. The van der Waals surface area contributed by atoms with Crippen molar-refractivity contribution in [3.63, 3.8) is 0 Å². The Morgan fingerprint density at radius 1 is 1.03 bits per heavy atom. The van der Waals surface area contributed by atoms with Crippen molar-refractivity contribution < 1.29 is 4.79 Å². The lowest BCUT2D eigenvalue weighted by atomic mass is 9.82. The number of piperidine rings is 1. The molecule has 172 valence electrons. The van der Waals surface area contributed by atoms with Gasteiger partial charge in [0.1, 0.15) is 0 Å². The zero-order valence-corrected chi connectivity index (χ0v) is 20.1. The molecule has 2 aliphatic heterocycles. The van der Waals surface area contributed by atoms with Crippen LogP contribution in [0.25, 0.3) is 16.1 Å². The zero-order chi connectivity index (χ0) is 23.2. The minimum Gasteiger partial charge on any atom is -0.343 e. The van der Waals surface area contributed by atoms with Crippen molar-refractivity contribution in [1.29, 1.82) is 0 Å². The average molecular weight is 471 g/mol. The number of rotatable bonds is 4. The first-order chi connectivity index (χ1) is 16.6. The van der Waals surface area contributed by atoms with E-state index in [9.17, 15) is 4.79 Å². The van der Waals surface area contributed by atoms with Gasteiger partial charge < -0.3 is 9.80 Å². The summed E-state index contributed by atoms with van der Waals surface area (Å²) in [5.41, 5.74) is 4.87. The van der Waals surface area contributed by atoms with Gasteiger partial charge in [-0.1, -0.05) is 52.8 Å². The van der Waals surface area contributed by atoms with Gasteiger partial charge in [-0.05, 0) is 38.0 Å². The van der Waals surface area contributed by atoms with Crippen LogP contribution in [0.4, 0.5) is 5.13 Å². The number of carbonyl (C=O) groups is 1. The van der Waals surface area contributed by atoms with Crippen LogP contribution in [0.2, 0.25) is 0 Å². The van der Waals surface area contributed by atoms with Gasteiger partial charge in [-0.2, -0.15) is 15.0 Å². The normalized spacial score (nSPS) is 19.6. The topological polar surface area (TPSA) is 67.2 Å². The molecule has 8 heteroatoms. The van der Waals surface area contributed by atoms with Crippen molar-refractivity contribution in [2.24, 2.45) is 5.92 Å². The summed E-state index contributed by atoms with van der Waals surface area (Å²) in [4.78, 5) is 25.5. The van der Waals surface area contributed by atoms with E-state index in [-0.39, 0.29) is 5.91 Å². The lowest BCUT2D eigenvalue weighted by Gasteiger charge is -2.53. The van der Waals surface area contributed by atoms with Crippen molar-refractivity contribution in [1.82, 2.24) is 24.9 Å². The SMILES string of the molecule is Cc1cccc(-c2cnc(N3C[C@@H]4CCN(C(=O)c5cc(C)ccc5-n5nccn5)C[C@@H]43)s2)c1. The summed E-state index contributed by atoms with van der Waals surface area (Å²) in [5, 5.41) is 9.54. The number of aromatic nitrogens is 4. The number of thiazole rings is 1. The molecular formula is C26H26N6OS. The average Bonchev–Trinajstić information content (AvgIpc) is 3.52. The highest BCUT2D eigenvalue weighted by molar-refractivity contribution is 7.18. The van der Waals surface area contributed by atoms with E-state index < -0.39 is 0 Å². The van der Waals surface area contributed by atoms with Crippen molar-refractivity contribution in [3.05, 3.63) is 77.7 Å². The van der Waals surface area contributed by atoms with Gasteiger partial charge in [0, 0.05) is 31.7 Å². The number of carbonyl (C=O) groups excluding carboxylic acids is 1. The third-order valence-corrected chi connectivity index (χ3v) is 7.98. The van der Waals surface area contributed by atoms with Crippen LogP contribution in [0, 0.1) is 19.8 Å². The Balaban J connectivity index is 1.22. The molecule has 4 aromatic rings. The van der Waals surface area contributed by atoms with E-state index in [0.29, 0.717) is 24.1 Å². The summed E-state index contributed by atoms with van der Waals surface area (Å²) in [5.74, 6) is 0.654. The van der Waals surface area contributed by atoms with E-state index in [1.807, 2.05) is 36.2 Å². The smallest absolute Gasteiger partial charge is 0.256 e. The minimum atomic E-state index is 0.0425. The molecule has 0 saturated carbocycles. The summed E-state index contributed by atoms with van der Waals surface area (Å²) in [6.45, 7) is 6.62. The molecule has 0 spiro atoms. The summed E-state index contributed by atoms with van der Waals surface area (Å²) in [6.07, 6.45) is 6.25. The summed E-state index contributed by atoms with van der Waals surface area (Å²) in [6, 6.07) is 14.7. The molecule has 0 bridgehead atoms. The molecule has 34 heavy (non-hydrogen) atoms. The van der Waals surface area contributed by atoms with Crippen LogP contribution in [0.1, 0.15) is 27.9 Å². The van der Waals surface area contributed by atoms with Crippen molar-refractivity contribution in [2.45, 2.75) is 26.3 Å². The molecule has 6 rings (SSSR count). The number of nitrogens with zero attached hydrogens (tertiary/aromatic N) is 6. The first kappa shape index (κ1) is 21.0. The largest absolute Gasteiger partial charge is 0.343 e. The van der Waals surface area contributed by atoms with Crippen LogP contribution in [0.3, 0.4) is 0 Å². The third-order valence-electron chi connectivity index (χ3n) is 6.90. The van der Waals surface area contributed by atoms with Gasteiger partial charge in [0.05, 0.1) is 34.6 Å². The molecule has 2 aromatic heterocycles. The zero-order valence-electron chi connectivity index (χ0n) is 19.3. The molecule has 2 saturated heterocycles. The number of amides is 1. The van der Waals surface area contributed by atoms with E-state index >= 15 is 0 Å². The molecule has 4 heterocycles. The van der Waals surface area contributed by atoms with Gasteiger partial charge in [0.15, 0.2) is 5.13 Å². The van der Waals surface area contributed by atoms with Crippen molar-refractivity contribution in [2.75, 3.05) is 24.5 Å². The standard InChI is InChI=1S/C26H26N6OS/c1-17-4-3-5-19(12-17)24-14-27-26(34-24)31-15-20-8-11-30(16-23(20)31)25(33)21-13-18(2)6-7-22(21)32-28-9-10-29-32/h3-7,9-10,12-14,20,23H,8,11,15-16H2,1-2H3/t20-,23-/m0/s1. The number of anilines is 1. The maximum Gasteiger partial charge on any atom is 0.256 e. The van der Waals surface area contributed by atoms with Gasteiger partial charge in [-0.3, -0.25) is 4.79 Å². The Hall–Kier alpha value is -3.52. The molecule has 7 nitrogen and oxygen atoms in total. The van der Waals surface area contributed by atoms with Gasteiger partial charge in [-0.25, -0.2) is 4.98 Å². The predicted octanol–water partition coefficient (Wildman–Crippen LogP) is 4.36. The van der Waals surface area contributed by atoms with Gasteiger partial charge in [0.25, 0.3) is 5.91 Å². The van der Waals surface area contributed by atoms with Crippen LogP contribution in [-0.2, 0) is 0 Å². The molecule has 2 aliphatic rings. The molecule has 0 N–H and O–H groups in total. The Labute approximate surface area is 202 Å². The van der Waals surface area contributed by atoms with E-state index in [1.54, 1.807) is 23.7 Å². The second kappa shape index (κ2) is 8.36. The fourth-order valence-electron chi connectivity index (χ4n) is 5.04. The number of benzene rings is 2. The molecule has 1 amide bonds. The fraction of sp³-hybridized carbons (Fsp3) is 0.308. The van der Waals surface area contributed by atoms with Crippen LogP contribution in [0.5, 0.6) is 0 Å². The Bertz CT molecular complexity index is 1350. The number of hydrogen-bond acceptors (Lipinski definition) is 6. The third kappa shape index (κ3) is 3.68. The number of hydrogen-bond donors (Lipinski definition) is 0. The first-order valence-corrected chi connectivity index (χ1v) is 12.4.